The molecular weight excluding hydrogens is 250 g/mol. The van der Waals surface area contributed by atoms with Crippen LogP contribution in [0.2, 0.25) is 0 Å². The Bertz CT molecular complexity index is 422. The molecule has 0 fully saturated rings. The highest BCUT2D eigenvalue weighted by molar-refractivity contribution is 5.38. The Morgan fingerprint density at radius 2 is 1.95 bits per heavy atom. The van der Waals surface area contributed by atoms with Crippen molar-refractivity contribution in [3.05, 3.63) is 29.8 Å². The summed E-state index contributed by atoms with van der Waals surface area (Å²) in [4.78, 5) is 4.69. The first-order chi connectivity index (χ1) is 9.63. The summed E-state index contributed by atoms with van der Waals surface area (Å²) in [5.41, 5.74) is 7.63. The molecule has 0 spiro atoms. The fraction of sp³-hybridized carbons (Fsp3) is 0.625. The summed E-state index contributed by atoms with van der Waals surface area (Å²) in [6, 6.07) is 8.44. The number of hydrogen-bond donors (Lipinski definition) is 1. The Morgan fingerprint density at radius 3 is 2.65 bits per heavy atom. The molecule has 0 radical (unpaired) electrons. The van der Waals surface area contributed by atoms with E-state index >= 15 is 0 Å². The molecule has 0 amide bonds. The highest BCUT2D eigenvalue weighted by Gasteiger charge is 2.31. The highest BCUT2D eigenvalue weighted by Crippen LogP contribution is 2.32. The van der Waals surface area contributed by atoms with Crippen LogP contribution in [-0.4, -0.2) is 56.2 Å². The predicted molar refractivity (Wildman–Crippen MR) is 83.1 cm³/mol. The minimum absolute atomic E-state index is 0.0358. The van der Waals surface area contributed by atoms with E-state index in [1.54, 1.807) is 0 Å². The maximum absolute atomic E-state index is 6.49. The molecule has 0 aliphatic carbocycles. The molecule has 2 atom stereocenters. The molecule has 1 heterocycles. The van der Waals surface area contributed by atoms with Crippen molar-refractivity contribution in [1.29, 1.82) is 0 Å². The zero-order chi connectivity index (χ0) is 14.5. The van der Waals surface area contributed by atoms with Crippen molar-refractivity contribution in [3.63, 3.8) is 0 Å². The lowest BCUT2D eigenvalue weighted by Crippen LogP contribution is -2.50. The van der Waals surface area contributed by atoms with Gasteiger partial charge in [-0.2, -0.15) is 0 Å². The summed E-state index contributed by atoms with van der Waals surface area (Å²) in [7, 11) is 4.22. The van der Waals surface area contributed by atoms with E-state index in [9.17, 15) is 0 Å². The van der Waals surface area contributed by atoms with E-state index < -0.39 is 0 Å². The number of nitrogens with two attached hydrogens (primary N) is 1. The quantitative estimate of drug-likeness (QED) is 0.860. The van der Waals surface area contributed by atoms with Gasteiger partial charge < -0.3 is 15.4 Å². The molecule has 0 saturated heterocycles. The summed E-state index contributed by atoms with van der Waals surface area (Å²) >= 11 is 0. The fourth-order valence-electron chi connectivity index (χ4n) is 2.77. The van der Waals surface area contributed by atoms with Gasteiger partial charge in [0.05, 0.1) is 12.1 Å². The second-order valence-electron chi connectivity index (χ2n) is 5.78. The normalized spacial score (nSPS) is 21.9. The van der Waals surface area contributed by atoms with Crippen LogP contribution >= 0.6 is 0 Å². The van der Waals surface area contributed by atoms with Crippen molar-refractivity contribution in [2.24, 2.45) is 5.73 Å². The molecule has 2 unspecified atom stereocenters. The van der Waals surface area contributed by atoms with Crippen LogP contribution in [0.3, 0.4) is 0 Å². The third-order valence-corrected chi connectivity index (χ3v) is 3.92. The van der Waals surface area contributed by atoms with Gasteiger partial charge in [0, 0.05) is 18.7 Å². The van der Waals surface area contributed by atoms with E-state index in [1.165, 1.54) is 0 Å². The average molecular weight is 277 g/mol. The monoisotopic (exact) mass is 277 g/mol. The van der Waals surface area contributed by atoms with Crippen LogP contribution in [0.5, 0.6) is 5.75 Å². The van der Waals surface area contributed by atoms with Crippen molar-refractivity contribution in [2.75, 3.05) is 40.3 Å². The fourth-order valence-corrected chi connectivity index (χ4v) is 2.77. The van der Waals surface area contributed by atoms with Gasteiger partial charge in [0.25, 0.3) is 0 Å². The largest absolute Gasteiger partial charge is 0.492 e. The van der Waals surface area contributed by atoms with E-state index in [2.05, 4.69) is 36.9 Å². The number of nitrogens with zero attached hydrogens (tertiary/aromatic N) is 2. The molecule has 1 aliphatic rings. The van der Waals surface area contributed by atoms with E-state index in [1.807, 2.05) is 18.2 Å². The Kier molecular flexibility index (Phi) is 5.40. The number of likely N-dealkylation sites (N-methyl/N-ethyl adjacent to an activating group) is 1. The van der Waals surface area contributed by atoms with Gasteiger partial charge in [-0.1, -0.05) is 25.1 Å². The minimum Gasteiger partial charge on any atom is -0.492 e. The second-order valence-corrected chi connectivity index (χ2v) is 5.78. The van der Waals surface area contributed by atoms with Crippen molar-refractivity contribution < 1.29 is 4.74 Å². The number of para-hydroxylation sites is 1. The van der Waals surface area contributed by atoms with Crippen LogP contribution in [0, 0.1) is 0 Å². The van der Waals surface area contributed by atoms with Crippen LogP contribution in [-0.2, 0) is 0 Å². The van der Waals surface area contributed by atoms with Gasteiger partial charge in [0.15, 0.2) is 0 Å². The summed E-state index contributed by atoms with van der Waals surface area (Å²) < 4.78 is 5.91. The van der Waals surface area contributed by atoms with E-state index in [-0.39, 0.29) is 12.1 Å². The third-order valence-electron chi connectivity index (χ3n) is 3.92. The zero-order valence-electron chi connectivity index (χ0n) is 12.9. The highest BCUT2D eigenvalue weighted by atomic mass is 16.5. The van der Waals surface area contributed by atoms with Crippen molar-refractivity contribution in [3.8, 4) is 5.75 Å². The average Bonchev–Trinajstić information content (AvgIpc) is 2.44. The number of ether oxygens (including phenoxy) is 1. The predicted octanol–water partition coefficient (Wildman–Crippen LogP) is 1.72. The molecule has 4 heteroatoms. The molecule has 1 aliphatic heterocycles. The molecule has 0 saturated carbocycles. The smallest absolute Gasteiger partial charge is 0.124 e. The molecule has 0 aromatic heterocycles. The first kappa shape index (κ1) is 15.3. The van der Waals surface area contributed by atoms with Gasteiger partial charge >= 0.3 is 0 Å². The Morgan fingerprint density at radius 1 is 1.20 bits per heavy atom. The van der Waals surface area contributed by atoms with Gasteiger partial charge in [-0.05, 0) is 33.1 Å². The molecule has 0 bridgehead atoms. The van der Waals surface area contributed by atoms with E-state index in [0.29, 0.717) is 6.61 Å². The Balaban J connectivity index is 2.10. The molecule has 2 N–H and O–H groups in total. The van der Waals surface area contributed by atoms with Crippen molar-refractivity contribution >= 4 is 0 Å². The third kappa shape index (κ3) is 3.51. The van der Waals surface area contributed by atoms with Crippen molar-refractivity contribution in [2.45, 2.75) is 25.4 Å². The Labute approximate surface area is 122 Å². The van der Waals surface area contributed by atoms with Crippen LogP contribution in [0.1, 0.15) is 24.9 Å². The van der Waals surface area contributed by atoms with Gasteiger partial charge in [0.2, 0.25) is 0 Å². The number of benzene rings is 1. The number of rotatable bonds is 6. The molecule has 1 aromatic rings. The van der Waals surface area contributed by atoms with Crippen LogP contribution in [0.25, 0.3) is 0 Å². The van der Waals surface area contributed by atoms with Crippen LogP contribution < -0.4 is 10.5 Å². The van der Waals surface area contributed by atoms with Gasteiger partial charge in [0.1, 0.15) is 12.4 Å². The molecule has 20 heavy (non-hydrogen) atoms. The number of fused-ring (bicyclic) bond motifs is 1. The lowest BCUT2D eigenvalue weighted by molar-refractivity contribution is 0.0913. The topological polar surface area (TPSA) is 41.7 Å². The standard InChI is InChI=1S/C16H27N3O/c1-4-9-19(11-10-18(2)3)14-12-20-15-8-6-5-7-13(15)16(14)17/h5-8,14,16H,4,9-12,17H2,1-3H3. The van der Waals surface area contributed by atoms with Gasteiger partial charge in [-0.25, -0.2) is 0 Å². The molecule has 4 nitrogen and oxygen atoms in total. The maximum atomic E-state index is 6.49. The maximum Gasteiger partial charge on any atom is 0.124 e. The SMILES string of the molecule is CCCN(CCN(C)C)C1COc2ccccc2C1N. The lowest BCUT2D eigenvalue weighted by Gasteiger charge is -2.39. The van der Waals surface area contributed by atoms with Crippen LogP contribution in [0.4, 0.5) is 0 Å². The molecule has 1 aromatic carbocycles. The van der Waals surface area contributed by atoms with Crippen LogP contribution in [0.15, 0.2) is 24.3 Å². The van der Waals surface area contributed by atoms with Gasteiger partial charge in [-0.15, -0.1) is 0 Å². The van der Waals surface area contributed by atoms with Gasteiger partial charge in [-0.3, -0.25) is 4.90 Å². The summed E-state index contributed by atoms with van der Waals surface area (Å²) in [6.07, 6.45) is 1.14. The van der Waals surface area contributed by atoms with Crippen molar-refractivity contribution in [1.82, 2.24) is 9.80 Å². The number of hydrogen-bond acceptors (Lipinski definition) is 4. The molecule has 2 rings (SSSR count). The molecular formula is C16H27N3O. The summed E-state index contributed by atoms with van der Waals surface area (Å²) in [6.45, 7) is 6.05. The second kappa shape index (κ2) is 7.07. The lowest BCUT2D eigenvalue weighted by atomic mass is 9.96. The summed E-state index contributed by atoms with van der Waals surface area (Å²) in [5, 5.41) is 0. The zero-order valence-corrected chi connectivity index (χ0v) is 12.9. The first-order valence-electron chi connectivity index (χ1n) is 7.49. The van der Waals surface area contributed by atoms with E-state index in [4.69, 9.17) is 10.5 Å². The summed E-state index contributed by atoms with van der Waals surface area (Å²) in [5.74, 6) is 0.945. The molecule has 112 valence electrons. The Hall–Kier alpha value is -1.10. The van der Waals surface area contributed by atoms with E-state index in [0.717, 1.165) is 37.4 Å². The minimum atomic E-state index is 0.0358. The first-order valence-corrected chi connectivity index (χ1v) is 7.49.